The lowest BCUT2D eigenvalue weighted by Crippen LogP contribution is -2.42. The van der Waals surface area contributed by atoms with Gasteiger partial charge >= 0.3 is 6.09 Å². The molecule has 3 amide bonds. The van der Waals surface area contributed by atoms with Crippen molar-refractivity contribution in [2.75, 3.05) is 26.7 Å². The number of aromatic amines is 1. The summed E-state index contributed by atoms with van der Waals surface area (Å²) >= 11 is 0. The van der Waals surface area contributed by atoms with Gasteiger partial charge in [-0.15, -0.1) is 0 Å². The van der Waals surface area contributed by atoms with Gasteiger partial charge < -0.3 is 25.3 Å². The highest BCUT2D eigenvalue weighted by Gasteiger charge is 2.37. The molecule has 2 aliphatic rings. The number of ether oxygens (including phenoxy) is 1. The number of hydrogen-bond acceptors (Lipinski definition) is 6. The summed E-state index contributed by atoms with van der Waals surface area (Å²) in [5.74, 6) is 0.294. The fourth-order valence-corrected chi connectivity index (χ4v) is 6.23. The molecule has 3 atom stereocenters. The lowest BCUT2D eigenvalue weighted by molar-refractivity contribution is -0.562. The number of nitroso groups, excluding NO2 is 1. The molecule has 0 saturated carbocycles. The van der Waals surface area contributed by atoms with Crippen LogP contribution in [-0.4, -0.2) is 70.3 Å². The first-order chi connectivity index (χ1) is 22.4. The Balaban J connectivity index is 1.11. The summed E-state index contributed by atoms with van der Waals surface area (Å²) in [5, 5.41) is 5.57. The predicted molar refractivity (Wildman–Crippen MR) is 172 cm³/mol. The van der Waals surface area contributed by atoms with Gasteiger partial charge in [0.15, 0.2) is 6.54 Å². The van der Waals surface area contributed by atoms with E-state index in [1.165, 1.54) is 7.11 Å². The summed E-state index contributed by atoms with van der Waals surface area (Å²) in [7, 11) is 1.28. The van der Waals surface area contributed by atoms with Crippen LogP contribution in [0.25, 0.3) is 22.4 Å². The number of likely N-dealkylation sites (tertiary alicyclic amines) is 1. The van der Waals surface area contributed by atoms with Crippen LogP contribution in [0.3, 0.4) is 0 Å². The van der Waals surface area contributed by atoms with Crippen molar-refractivity contribution >= 4 is 17.9 Å². The second-order valence-corrected chi connectivity index (χ2v) is 11.7. The lowest BCUT2D eigenvalue weighted by Gasteiger charge is -2.28. The van der Waals surface area contributed by atoms with Crippen molar-refractivity contribution in [3.8, 4) is 22.4 Å². The average molecular weight is 622 g/mol. The van der Waals surface area contributed by atoms with Gasteiger partial charge in [-0.05, 0) is 47.2 Å². The second kappa shape index (κ2) is 13.8. The molecular weight excluding hydrogens is 584 g/mol. The fourth-order valence-electron chi connectivity index (χ4n) is 6.23. The van der Waals surface area contributed by atoms with E-state index in [2.05, 4.69) is 20.6 Å². The third kappa shape index (κ3) is 6.68. The van der Waals surface area contributed by atoms with Crippen molar-refractivity contribution in [1.29, 1.82) is 0 Å². The van der Waals surface area contributed by atoms with Crippen LogP contribution in [-0.2, 0) is 9.53 Å². The number of benzene rings is 3. The van der Waals surface area contributed by atoms with Gasteiger partial charge in [0.2, 0.25) is 6.04 Å². The summed E-state index contributed by atoms with van der Waals surface area (Å²) in [5.41, 5.74) is 4.99. The van der Waals surface area contributed by atoms with Crippen LogP contribution in [0.1, 0.15) is 59.5 Å². The molecule has 2 aliphatic heterocycles. The number of alkyl carbamates (subject to hydrolysis) is 1. The maximum atomic E-state index is 13.8. The van der Waals surface area contributed by atoms with Crippen molar-refractivity contribution in [2.24, 2.45) is 0 Å². The number of nitrogens with one attached hydrogen (secondary N) is 3. The number of aromatic nitrogens is 2. The maximum Gasteiger partial charge on any atom is 0.407 e. The number of rotatable bonds is 9. The second-order valence-electron chi connectivity index (χ2n) is 11.7. The molecule has 2 fully saturated rings. The molecule has 46 heavy (non-hydrogen) atoms. The molecule has 3 aromatic carbocycles. The SMILES string of the molecule is COC(=O)NC(C(=O)N1CCCC1c1ncc(-c2ccc(-c3ccc(C(=O)NCC4CCC[N+]4=O)cc3)cc2)[nH]1)c1ccccc1. The van der Waals surface area contributed by atoms with Gasteiger partial charge in [-0.1, -0.05) is 66.7 Å². The third-order valence-corrected chi connectivity index (χ3v) is 8.77. The van der Waals surface area contributed by atoms with Gasteiger partial charge in [0.05, 0.1) is 31.6 Å². The summed E-state index contributed by atoms with van der Waals surface area (Å²) in [6, 6.07) is 23.3. The van der Waals surface area contributed by atoms with Gasteiger partial charge in [0, 0.05) is 34.6 Å². The number of methoxy groups -OCH3 is 1. The van der Waals surface area contributed by atoms with E-state index < -0.39 is 12.1 Å². The Bertz CT molecular complexity index is 1700. The summed E-state index contributed by atoms with van der Waals surface area (Å²) < 4.78 is 5.84. The van der Waals surface area contributed by atoms with Gasteiger partial charge in [0.1, 0.15) is 11.9 Å². The van der Waals surface area contributed by atoms with E-state index in [-0.39, 0.29) is 23.9 Å². The minimum atomic E-state index is -0.874. The first-order valence-electron chi connectivity index (χ1n) is 15.6. The van der Waals surface area contributed by atoms with Gasteiger partial charge in [0.25, 0.3) is 11.8 Å². The van der Waals surface area contributed by atoms with Crippen LogP contribution in [0, 0.1) is 4.91 Å². The first kappa shape index (κ1) is 30.7. The molecule has 11 nitrogen and oxygen atoms in total. The van der Waals surface area contributed by atoms with E-state index in [9.17, 15) is 19.3 Å². The van der Waals surface area contributed by atoms with Crippen molar-refractivity contribution in [2.45, 2.75) is 43.8 Å². The smallest absolute Gasteiger partial charge is 0.407 e. The highest BCUT2D eigenvalue weighted by atomic mass is 16.5. The van der Waals surface area contributed by atoms with Crippen LogP contribution >= 0.6 is 0 Å². The minimum absolute atomic E-state index is 0.144. The van der Waals surface area contributed by atoms with E-state index >= 15 is 0 Å². The Morgan fingerprint density at radius 1 is 0.957 bits per heavy atom. The predicted octanol–water partition coefficient (Wildman–Crippen LogP) is 5.18. The van der Waals surface area contributed by atoms with E-state index in [1.54, 1.807) is 23.2 Å². The molecule has 3 unspecified atom stereocenters. The zero-order valence-corrected chi connectivity index (χ0v) is 25.6. The molecule has 6 rings (SSSR count). The van der Waals surface area contributed by atoms with Crippen molar-refractivity contribution in [3.05, 3.63) is 107 Å². The van der Waals surface area contributed by atoms with Crippen molar-refractivity contribution < 1.29 is 23.9 Å². The Hall–Kier alpha value is -5.32. The number of nitrogens with zero attached hydrogens (tertiary/aromatic N) is 3. The average Bonchev–Trinajstić information content (AvgIpc) is 3.88. The standard InChI is InChI=1S/C35H36N6O5/c1-46-35(44)39-31(26-7-3-2-4-8-26)34(43)40-19-6-10-30(40)32-36-22-29(38-32)25-15-11-23(12-16-25)24-13-17-27(18-14-24)33(42)37-21-28-9-5-20-41(28)45/h2-4,7-8,11-18,22,28,30-31H,5-6,9-10,19-21H2,1H3,(H2-,36,37,38,39,42,44)/p+1. The van der Waals surface area contributed by atoms with E-state index in [0.717, 1.165) is 52.8 Å². The normalized spacial score (nSPS) is 18.3. The van der Waals surface area contributed by atoms with Crippen LogP contribution in [0.5, 0.6) is 0 Å². The van der Waals surface area contributed by atoms with Crippen molar-refractivity contribution in [3.63, 3.8) is 0 Å². The van der Waals surface area contributed by atoms with E-state index in [1.807, 2.05) is 66.7 Å². The monoisotopic (exact) mass is 621 g/mol. The highest BCUT2D eigenvalue weighted by Crippen LogP contribution is 2.34. The van der Waals surface area contributed by atoms with Crippen molar-refractivity contribution in [1.82, 2.24) is 25.5 Å². The van der Waals surface area contributed by atoms with Crippen LogP contribution in [0.2, 0.25) is 0 Å². The number of H-pyrrole nitrogens is 1. The van der Waals surface area contributed by atoms with Gasteiger partial charge in [-0.25, -0.2) is 9.78 Å². The van der Waals surface area contributed by atoms with Crippen LogP contribution < -0.4 is 10.6 Å². The number of carbonyl (C=O) groups excluding carboxylic acids is 3. The van der Waals surface area contributed by atoms with Gasteiger partial charge in [-0.2, -0.15) is 0 Å². The number of hydrogen-bond donors (Lipinski definition) is 3. The quantitative estimate of drug-likeness (QED) is 0.221. The number of imidazole rings is 1. The zero-order chi connectivity index (χ0) is 32.0. The molecule has 1 aromatic heterocycles. The molecular formula is C35H37N6O5+. The molecule has 4 aromatic rings. The van der Waals surface area contributed by atoms with Crippen LogP contribution in [0.15, 0.2) is 85.1 Å². The molecule has 236 valence electrons. The minimum Gasteiger partial charge on any atom is -0.453 e. The summed E-state index contributed by atoms with van der Waals surface area (Å²) in [6.45, 7) is 1.44. The van der Waals surface area contributed by atoms with E-state index in [0.29, 0.717) is 36.6 Å². The molecule has 11 heteroatoms. The third-order valence-electron chi connectivity index (χ3n) is 8.77. The molecule has 3 N–H and O–H groups in total. The Kier molecular flexibility index (Phi) is 9.18. The number of amides is 3. The van der Waals surface area contributed by atoms with Crippen LogP contribution in [0.4, 0.5) is 4.79 Å². The molecule has 3 heterocycles. The highest BCUT2D eigenvalue weighted by molar-refractivity contribution is 5.94. The maximum absolute atomic E-state index is 13.8. The van der Waals surface area contributed by atoms with E-state index in [4.69, 9.17) is 4.74 Å². The molecule has 0 aliphatic carbocycles. The van der Waals surface area contributed by atoms with Gasteiger partial charge in [-0.3, -0.25) is 9.59 Å². The largest absolute Gasteiger partial charge is 0.453 e. The first-order valence-corrected chi connectivity index (χ1v) is 15.6. The topological polar surface area (TPSA) is 136 Å². The zero-order valence-electron chi connectivity index (χ0n) is 25.6. The molecule has 0 spiro atoms. The molecule has 2 saturated heterocycles. The number of carbonyl (C=O) groups is 3. The Morgan fingerprint density at radius 3 is 2.33 bits per heavy atom. The molecule has 0 bridgehead atoms. The molecule has 0 radical (unpaired) electrons. The lowest BCUT2D eigenvalue weighted by atomic mass is 10.0. The fraction of sp³-hybridized carbons (Fsp3) is 0.314. The Morgan fingerprint density at radius 2 is 1.65 bits per heavy atom. The summed E-state index contributed by atoms with van der Waals surface area (Å²) in [4.78, 5) is 60.1. The Labute approximate surface area is 266 Å². The summed E-state index contributed by atoms with van der Waals surface area (Å²) in [6.07, 6.45) is 4.35.